The van der Waals surface area contributed by atoms with E-state index in [1.807, 2.05) is 13.2 Å². The van der Waals surface area contributed by atoms with Crippen molar-refractivity contribution in [1.29, 1.82) is 0 Å². The number of hydrogen-bond acceptors (Lipinski definition) is 12. The van der Waals surface area contributed by atoms with Crippen LogP contribution in [0.4, 0.5) is 29.0 Å². The van der Waals surface area contributed by atoms with Crippen molar-refractivity contribution in [2.75, 3.05) is 55.2 Å². The minimum Gasteiger partial charge on any atom is -0.439 e. The zero-order chi connectivity index (χ0) is 30.1. The number of pyridine rings is 1. The summed E-state index contributed by atoms with van der Waals surface area (Å²) in [5.74, 6) is 1.53. The van der Waals surface area contributed by atoms with E-state index in [1.54, 1.807) is 47.7 Å². The van der Waals surface area contributed by atoms with Gasteiger partial charge in [0.25, 0.3) is 5.56 Å². The number of halogens is 1. The molecule has 14 nitrogen and oxygen atoms in total. The van der Waals surface area contributed by atoms with E-state index in [-0.39, 0.29) is 22.9 Å². The number of aryl methyl sites for hydroxylation is 1. The van der Waals surface area contributed by atoms with Gasteiger partial charge in [0.1, 0.15) is 22.8 Å². The Kier molecular flexibility index (Phi) is 7.86. The van der Waals surface area contributed by atoms with Gasteiger partial charge in [0.2, 0.25) is 13.3 Å². The number of anilines is 5. The van der Waals surface area contributed by atoms with E-state index >= 15 is 0 Å². The molecule has 0 amide bonds. The van der Waals surface area contributed by atoms with Crippen molar-refractivity contribution in [2.45, 2.75) is 0 Å². The predicted octanol–water partition coefficient (Wildman–Crippen LogP) is 4.51. The van der Waals surface area contributed by atoms with Crippen LogP contribution < -0.4 is 25.6 Å². The highest BCUT2D eigenvalue weighted by molar-refractivity contribution is 9.10. The number of aromatic amines is 1. The lowest BCUT2D eigenvalue weighted by Gasteiger charge is -2.30. The summed E-state index contributed by atoms with van der Waals surface area (Å²) in [7, 11) is -1.12. The Morgan fingerprint density at radius 1 is 1.07 bits per heavy atom. The molecule has 0 saturated carbocycles. The van der Waals surface area contributed by atoms with Crippen LogP contribution in [0, 0.1) is 0 Å². The van der Waals surface area contributed by atoms with Crippen LogP contribution in [0.5, 0.6) is 5.75 Å². The molecule has 6 rings (SSSR count). The van der Waals surface area contributed by atoms with Gasteiger partial charge in [0.05, 0.1) is 35.1 Å². The molecule has 4 aromatic heterocycles. The maximum absolute atomic E-state index is 13.3. The van der Waals surface area contributed by atoms with Crippen LogP contribution in [-0.2, 0) is 16.3 Å². The van der Waals surface area contributed by atoms with Crippen LogP contribution in [0.15, 0.2) is 58.5 Å². The van der Waals surface area contributed by atoms with E-state index in [0.717, 1.165) is 11.1 Å². The summed E-state index contributed by atoms with van der Waals surface area (Å²) >= 11 is 3.49. The molecule has 43 heavy (non-hydrogen) atoms. The summed E-state index contributed by atoms with van der Waals surface area (Å²) in [5.41, 5.74) is 3.09. The number of rotatable bonds is 8. The maximum atomic E-state index is 13.3. The molecule has 16 heteroatoms. The fraction of sp³-hybridized carbons (Fsp3) is 0.259. The minimum atomic E-state index is -2.96. The summed E-state index contributed by atoms with van der Waals surface area (Å²) < 4.78 is 26.3. The van der Waals surface area contributed by atoms with Gasteiger partial charge in [-0.3, -0.25) is 19.0 Å². The van der Waals surface area contributed by atoms with E-state index in [0.29, 0.717) is 59.1 Å². The molecule has 1 saturated heterocycles. The third-order valence-electron chi connectivity index (χ3n) is 6.51. The van der Waals surface area contributed by atoms with Crippen LogP contribution >= 0.6 is 23.3 Å². The molecule has 1 aromatic carbocycles. The van der Waals surface area contributed by atoms with Crippen molar-refractivity contribution in [3.8, 4) is 16.9 Å². The van der Waals surface area contributed by atoms with Crippen LogP contribution in [0.2, 0.25) is 0 Å². The lowest BCUT2D eigenvalue weighted by Crippen LogP contribution is -2.38. The average Bonchev–Trinajstić information content (AvgIpc) is 3.42. The normalized spacial score (nSPS) is 13.7. The van der Waals surface area contributed by atoms with Gasteiger partial charge in [0, 0.05) is 69.4 Å². The zero-order valence-electron chi connectivity index (χ0n) is 23.5. The highest BCUT2D eigenvalue weighted by atomic mass is 79.9. The van der Waals surface area contributed by atoms with E-state index in [4.69, 9.17) is 9.26 Å². The Balaban J connectivity index is 1.35. The molecule has 0 atom stereocenters. The van der Waals surface area contributed by atoms with Gasteiger partial charge in [-0.25, -0.2) is 9.97 Å². The summed E-state index contributed by atoms with van der Waals surface area (Å²) in [6, 6.07) is 5.30. The fourth-order valence-electron chi connectivity index (χ4n) is 4.61. The van der Waals surface area contributed by atoms with E-state index in [1.165, 1.54) is 13.3 Å². The first kappa shape index (κ1) is 28.8. The second-order valence-electron chi connectivity index (χ2n) is 10.1. The highest BCUT2D eigenvalue weighted by Gasteiger charge is 2.22. The zero-order valence-corrected chi connectivity index (χ0v) is 26.0. The number of benzene rings is 1. The first-order valence-electron chi connectivity index (χ1n) is 13.3. The minimum absolute atomic E-state index is 0.173. The van der Waals surface area contributed by atoms with Gasteiger partial charge in [-0.15, -0.1) is 0 Å². The first-order valence-corrected chi connectivity index (χ1v) is 16.6. The average molecular weight is 667 g/mol. The Labute approximate surface area is 254 Å². The van der Waals surface area contributed by atoms with Gasteiger partial charge in [-0.2, -0.15) is 10.1 Å². The smallest absolute Gasteiger partial charge is 0.273 e. The van der Waals surface area contributed by atoms with Crippen molar-refractivity contribution < 1.29 is 13.8 Å². The van der Waals surface area contributed by atoms with Gasteiger partial charge >= 0.3 is 0 Å². The monoisotopic (exact) mass is 666 g/mol. The number of nitrogens with one attached hydrogen (secondary N) is 3. The number of fused-ring (bicyclic) bond motifs is 1. The molecular formula is C27H28BrN10O4P. The van der Waals surface area contributed by atoms with Crippen LogP contribution in [0.25, 0.3) is 22.2 Å². The van der Waals surface area contributed by atoms with Gasteiger partial charge in [0.15, 0.2) is 5.75 Å². The maximum Gasteiger partial charge on any atom is 0.273 e. The third kappa shape index (κ3) is 6.38. The molecule has 1 aliphatic rings. The fourth-order valence-corrected chi connectivity index (χ4v) is 5.53. The molecule has 0 bridgehead atoms. The van der Waals surface area contributed by atoms with Crippen molar-refractivity contribution in [1.82, 2.24) is 34.7 Å². The Bertz CT molecular complexity index is 1920. The Morgan fingerprint density at radius 3 is 2.60 bits per heavy atom. The second-order valence-corrected chi connectivity index (χ2v) is 13.7. The Morgan fingerprint density at radius 2 is 1.86 bits per heavy atom. The summed E-state index contributed by atoms with van der Waals surface area (Å²) in [5, 5.41) is 10.6. The molecule has 0 spiro atoms. The van der Waals surface area contributed by atoms with Crippen LogP contribution in [0.1, 0.15) is 0 Å². The summed E-state index contributed by atoms with van der Waals surface area (Å²) in [6.07, 6.45) is 8.31. The molecule has 5 aromatic rings. The molecule has 222 valence electrons. The number of ether oxygens (including phenoxy) is 1. The number of H-pyrrole nitrogens is 1. The molecule has 0 aliphatic carbocycles. The predicted molar refractivity (Wildman–Crippen MR) is 168 cm³/mol. The van der Waals surface area contributed by atoms with Crippen molar-refractivity contribution in [3.05, 3.63) is 64.0 Å². The van der Waals surface area contributed by atoms with E-state index in [9.17, 15) is 9.36 Å². The standard InChI is InChI=1S/C27H28BrN10O4P/c1-37-15-16(13-32-37)17-12-21(26(39)36-25(17)38-8-10-41-11-9-38)34-27-31-14-18(28)24(35-27)33-20-5-4-19-22(30-7-6-29-19)23(20)42-43(2,3)40/h4-7,12-15H,8-11H2,1-3H3,(H,36,39)(H2,31,33,34,35). The van der Waals surface area contributed by atoms with Crippen molar-refractivity contribution in [3.63, 3.8) is 0 Å². The third-order valence-corrected chi connectivity index (χ3v) is 7.72. The largest absolute Gasteiger partial charge is 0.439 e. The lowest BCUT2D eigenvalue weighted by molar-refractivity contribution is 0.122. The van der Waals surface area contributed by atoms with Crippen molar-refractivity contribution >= 4 is 63.3 Å². The number of nitrogens with zero attached hydrogens (tertiary/aromatic N) is 7. The van der Waals surface area contributed by atoms with Crippen LogP contribution in [-0.4, -0.2) is 74.3 Å². The van der Waals surface area contributed by atoms with Crippen molar-refractivity contribution in [2.24, 2.45) is 7.05 Å². The Hall–Kier alpha value is -4.33. The molecule has 1 fully saturated rings. The molecule has 3 N–H and O–H groups in total. The highest BCUT2D eigenvalue weighted by Crippen LogP contribution is 2.45. The molecule has 1 aliphatic heterocycles. The van der Waals surface area contributed by atoms with Gasteiger partial charge in [-0.1, -0.05) is 0 Å². The number of morpholine rings is 1. The summed E-state index contributed by atoms with van der Waals surface area (Å²) in [6.45, 7) is 5.49. The molecule has 5 heterocycles. The SMILES string of the molecule is Cn1cc(-c2cc(Nc3ncc(Br)c(Nc4ccc5nccnc5c4OP(C)(C)=O)n3)c(=O)[nH]c2N2CCOCC2)cn1. The second kappa shape index (κ2) is 11.7. The lowest BCUT2D eigenvalue weighted by atomic mass is 10.1. The van der Waals surface area contributed by atoms with E-state index < -0.39 is 7.37 Å². The van der Waals surface area contributed by atoms with Gasteiger partial charge in [-0.05, 0) is 34.1 Å². The van der Waals surface area contributed by atoms with Gasteiger partial charge < -0.3 is 29.8 Å². The number of aromatic nitrogens is 7. The molecule has 0 unspecified atom stereocenters. The topological polar surface area (TPSA) is 165 Å². The first-order chi connectivity index (χ1) is 20.6. The molecular weight excluding hydrogens is 639 g/mol. The van der Waals surface area contributed by atoms with Crippen LogP contribution in [0.3, 0.4) is 0 Å². The number of hydrogen-bond donors (Lipinski definition) is 3. The van der Waals surface area contributed by atoms with E-state index in [2.05, 4.69) is 61.5 Å². The quantitative estimate of drug-likeness (QED) is 0.199. The summed E-state index contributed by atoms with van der Waals surface area (Å²) in [4.78, 5) is 36.1. The molecule has 0 radical (unpaired) electrons.